The molecule has 528 valence electrons. The van der Waals surface area contributed by atoms with E-state index in [1.54, 1.807) is 0 Å². The van der Waals surface area contributed by atoms with E-state index in [-0.39, 0.29) is 21.9 Å². The molecule has 13 aliphatic heterocycles. The normalized spacial score (nSPS) is 14.8. The van der Waals surface area contributed by atoms with Crippen molar-refractivity contribution >= 4 is 31.2 Å². The minimum absolute atomic E-state index is 0. The first-order valence-corrected chi connectivity index (χ1v) is 34.3. The van der Waals surface area contributed by atoms with Crippen LogP contribution >= 0.6 is 31.2 Å². The second kappa shape index (κ2) is 26.3. The number of hydrogen-bond acceptors (Lipinski definition) is 0. The first kappa shape index (κ1) is 82.0. The molecule has 0 saturated heterocycles. The van der Waals surface area contributed by atoms with Gasteiger partial charge in [0.1, 0.15) is 0 Å². The van der Waals surface area contributed by atoms with Crippen molar-refractivity contribution in [1.82, 2.24) is 0 Å². The van der Waals surface area contributed by atoms with Gasteiger partial charge in [0.2, 0.25) is 0 Å². The molecule has 6 aromatic carbocycles. The van der Waals surface area contributed by atoms with Crippen molar-refractivity contribution in [2.24, 2.45) is 0 Å². The summed E-state index contributed by atoms with van der Waals surface area (Å²) < 4.78 is 246. The second-order valence-electron chi connectivity index (χ2n) is 20.8. The summed E-state index contributed by atoms with van der Waals surface area (Å²) in [5.41, 5.74) is 19.7. The van der Waals surface area contributed by atoms with Gasteiger partial charge in [0, 0.05) is 70.8 Å². The monoisotopic (exact) mass is 1480 g/mol. The molecule has 0 unspecified atom stereocenters. The molecule has 8 N–H and O–H groups in total. The van der Waals surface area contributed by atoms with Gasteiger partial charge in [0.25, 0.3) is 0 Å². The second-order valence-corrected chi connectivity index (χ2v) is 28.5. The SMILES string of the molecule is F[P-](F)(F)(F)(F)F.F[P-](F)(F)(F)(F)F.F[P-](F)(F)(F)(F)F.F[P-](F)(F)(F)(F)F.O.O.O.O.c1cc2cc(c1)-c1ccc(cc1)C[n+]1ccc(cc1)-c1cc[n+](cc1)Cc1ccc(cc1)-c1cccc(c1)-c1ccc(cc1)C[n+]1ccc(cc1)-c1cc[n+](cc1)Cc1ccc-2cc1. The first-order valence-electron chi connectivity index (χ1n) is 26.2. The van der Waals surface area contributed by atoms with E-state index in [1.807, 2.05) is 0 Å². The molecule has 8 nitrogen and oxygen atoms in total. The minimum atomic E-state index is -10.7. The Labute approximate surface area is 529 Å². The van der Waals surface area contributed by atoms with E-state index in [0.717, 1.165) is 26.2 Å². The summed E-state index contributed by atoms with van der Waals surface area (Å²) >= 11 is 0. The third-order valence-corrected chi connectivity index (χ3v) is 12.6. The number of hydrogen-bond donors (Lipinski definition) is 0. The van der Waals surface area contributed by atoms with E-state index >= 15 is 0 Å². The zero-order valence-corrected chi connectivity index (χ0v) is 52.1. The fourth-order valence-corrected chi connectivity index (χ4v) is 8.83. The van der Waals surface area contributed by atoms with Crippen molar-refractivity contribution in [3.05, 3.63) is 266 Å². The van der Waals surface area contributed by atoms with Gasteiger partial charge in [-0.25, -0.2) is 18.3 Å². The van der Waals surface area contributed by atoms with Gasteiger partial charge in [-0.1, -0.05) is 133 Å². The summed E-state index contributed by atoms with van der Waals surface area (Å²) in [4.78, 5) is 0. The summed E-state index contributed by atoms with van der Waals surface area (Å²) in [7, 11) is -42.6. The summed E-state index contributed by atoms with van der Waals surface area (Å²) in [5.74, 6) is 0. The van der Waals surface area contributed by atoms with Crippen molar-refractivity contribution in [1.29, 1.82) is 0 Å². The third kappa shape index (κ3) is 35.5. The average Bonchev–Trinajstić information content (AvgIpc) is 0.808. The van der Waals surface area contributed by atoms with Crippen LogP contribution in [0.2, 0.25) is 0 Å². The van der Waals surface area contributed by atoms with Crippen molar-refractivity contribution < 1.29 is 141 Å². The van der Waals surface area contributed by atoms with Gasteiger partial charge < -0.3 is 21.9 Å². The molecule has 20 bridgehead atoms. The van der Waals surface area contributed by atoms with Crippen LogP contribution in [0, 0.1) is 0 Å². The molecule has 0 spiro atoms. The Bertz CT molecular complexity index is 3640. The summed E-state index contributed by atoms with van der Waals surface area (Å²) in [5, 5.41) is 0. The molecule has 13 aliphatic rings. The van der Waals surface area contributed by atoms with Crippen LogP contribution in [0.4, 0.5) is 101 Å². The Morgan fingerprint density at radius 3 is 0.438 bits per heavy atom. The maximum Gasteiger partial charge on any atom is 0.173 e. The molecule has 0 amide bonds. The number of halogens is 24. The molecule has 36 heteroatoms. The maximum atomic E-state index is 9.87. The van der Waals surface area contributed by atoms with E-state index in [4.69, 9.17) is 0 Å². The number of nitrogens with zero attached hydrogens (tertiary/aromatic N) is 4. The van der Waals surface area contributed by atoms with Crippen LogP contribution in [-0.2, 0) is 26.2 Å². The molecule has 0 fully saturated rings. The Morgan fingerprint density at radius 1 is 0.177 bits per heavy atom. The quantitative estimate of drug-likeness (QED) is 0.0810. The van der Waals surface area contributed by atoms with Crippen molar-refractivity contribution in [2.75, 3.05) is 0 Å². The predicted molar refractivity (Wildman–Crippen MR) is 324 cm³/mol. The molecule has 96 heavy (non-hydrogen) atoms. The number of aromatic nitrogens is 4. The van der Waals surface area contributed by atoms with E-state index in [2.05, 4.69) is 262 Å². The Morgan fingerprint density at radius 2 is 0.302 bits per heavy atom. The summed E-state index contributed by atoms with van der Waals surface area (Å²) in [6, 6.07) is 71.3. The van der Waals surface area contributed by atoms with E-state index in [0.29, 0.717) is 0 Å². The fourth-order valence-electron chi connectivity index (χ4n) is 8.83. The van der Waals surface area contributed by atoms with Crippen LogP contribution in [0.25, 0.3) is 66.8 Å². The van der Waals surface area contributed by atoms with Crippen molar-refractivity contribution in [3.63, 3.8) is 0 Å². The van der Waals surface area contributed by atoms with Gasteiger partial charge in [-0.3, -0.25) is 0 Å². The smallest absolute Gasteiger partial charge is 0.173 e. The Kier molecular flexibility index (Phi) is 22.5. The van der Waals surface area contributed by atoms with Crippen LogP contribution in [0.15, 0.2) is 244 Å². The van der Waals surface area contributed by atoms with Gasteiger partial charge in [-0.05, 0) is 78.9 Å². The zero-order valence-electron chi connectivity index (χ0n) is 48.6. The van der Waals surface area contributed by atoms with Gasteiger partial charge >= 0.3 is 132 Å². The van der Waals surface area contributed by atoms with Crippen LogP contribution < -0.4 is 18.3 Å². The largest absolute Gasteiger partial charge is 0.412 e. The Balaban J connectivity index is 0.000000633. The molecule has 4 aromatic heterocycles. The van der Waals surface area contributed by atoms with Gasteiger partial charge in [0.15, 0.2) is 75.8 Å². The molecule has 10 aromatic rings. The fraction of sp³-hybridized carbons (Fsp3) is 0.0667. The van der Waals surface area contributed by atoms with Gasteiger partial charge in [-0.2, -0.15) is 0 Å². The van der Waals surface area contributed by atoms with Crippen LogP contribution in [0.3, 0.4) is 0 Å². The molecule has 0 aliphatic carbocycles. The van der Waals surface area contributed by atoms with E-state index in [1.165, 1.54) is 89.0 Å². The van der Waals surface area contributed by atoms with Crippen LogP contribution in [-0.4, -0.2) is 21.9 Å². The molecular weight excluding hydrogens is 1420 g/mol. The number of benzene rings is 6. The number of rotatable bonds is 0. The van der Waals surface area contributed by atoms with Crippen LogP contribution in [0.5, 0.6) is 0 Å². The summed E-state index contributed by atoms with van der Waals surface area (Å²) in [6.07, 6.45) is 17.4. The first-order chi connectivity index (χ1) is 41.4. The van der Waals surface area contributed by atoms with E-state index < -0.39 is 31.2 Å². The predicted octanol–water partition coefficient (Wildman–Crippen LogP) is 21.6. The third-order valence-electron chi connectivity index (χ3n) is 12.6. The number of pyridine rings is 4. The van der Waals surface area contributed by atoms with Crippen molar-refractivity contribution in [2.45, 2.75) is 26.2 Å². The zero-order chi connectivity index (χ0) is 68.3. The molecule has 23 rings (SSSR count). The molecule has 17 heterocycles. The Hall–Kier alpha value is -8.20. The van der Waals surface area contributed by atoms with Gasteiger partial charge in [-0.15, -0.1) is 0 Å². The standard InChI is InChI=1S/C60H48N4.4F6P.4H2O/c1-3-57-39-58(4-1)50-17-9-46(10-18-50)42-62-33-25-54(26-34-62)56-29-37-64(38-30-56)44-48-13-21-52(22-14-48)60-6-2-5-59(40-60)51-19-11-47(12-20-51)43-63-35-27-55(28-36-63)53-23-31-61(32-24-53)41-45-7-15-49(57)16-8-45;4*1-7(2,3,4,5)6;;;;/h1-40H,41-44H2;;;;;4*1H2/q+4;4*-1;;;;. The molecular formula is C60H56F24N4O4P4. The van der Waals surface area contributed by atoms with Gasteiger partial charge in [0.05, 0.1) is 0 Å². The maximum absolute atomic E-state index is 10.7. The minimum Gasteiger partial charge on any atom is -0.412 e. The van der Waals surface area contributed by atoms with E-state index in [9.17, 15) is 101 Å². The molecule has 0 atom stereocenters. The average molecular weight is 1480 g/mol. The van der Waals surface area contributed by atoms with Crippen LogP contribution in [0.1, 0.15) is 22.3 Å². The topological polar surface area (TPSA) is 142 Å². The summed E-state index contributed by atoms with van der Waals surface area (Å²) in [6.45, 7) is 3.26. The molecule has 0 saturated carbocycles. The van der Waals surface area contributed by atoms with Crippen molar-refractivity contribution in [3.8, 4) is 66.8 Å². The molecule has 0 radical (unpaired) electrons.